The van der Waals surface area contributed by atoms with Crippen molar-refractivity contribution in [3.63, 3.8) is 0 Å². The van der Waals surface area contributed by atoms with Gasteiger partial charge in [0.05, 0.1) is 6.54 Å². The summed E-state index contributed by atoms with van der Waals surface area (Å²) in [6.07, 6.45) is 2.95. The van der Waals surface area contributed by atoms with E-state index in [4.69, 9.17) is 0 Å². The summed E-state index contributed by atoms with van der Waals surface area (Å²) in [5.74, 6) is 0.208. The van der Waals surface area contributed by atoms with Gasteiger partial charge < -0.3 is 10.3 Å². The smallest absolute Gasteiger partial charge is 0.178 e. The van der Waals surface area contributed by atoms with Gasteiger partial charge in [-0.05, 0) is 25.6 Å². The quantitative estimate of drug-likeness (QED) is 0.822. The zero-order chi connectivity index (χ0) is 13.1. The summed E-state index contributed by atoms with van der Waals surface area (Å²) in [5, 5.41) is 4.38. The number of nitrogens with zero attached hydrogens (tertiary/aromatic N) is 1. The third kappa shape index (κ3) is 2.69. The van der Waals surface area contributed by atoms with E-state index in [2.05, 4.69) is 15.2 Å². The Balaban J connectivity index is 1.76. The molecule has 2 heterocycles. The molecule has 0 bridgehead atoms. The lowest BCUT2D eigenvalue weighted by Crippen LogP contribution is -2.33. The van der Waals surface area contributed by atoms with Gasteiger partial charge in [-0.3, -0.25) is 9.69 Å². The number of H-pyrrole nitrogens is 1. The first-order valence-corrected chi connectivity index (χ1v) is 6.87. The highest BCUT2D eigenvalue weighted by Gasteiger charge is 2.16. The summed E-state index contributed by atoms with van der Waals surface area (Å²) in [6.45, 7) is 4.50. The molecule has 1 saturated heterocycles. The van der Waals surface area contributed by atoms with Crippen molar-refractivity contribution in [2.45, 2.75) is 6.42 Å². The third-order valence-corrected chi connectivity index (χ3v) is 3.69. The highest BCUT2D eigenvalue weighted by molar-refractivity contribution is 6.08. The van der Waals surface area contributed by atoms with Crippen molar-refractivity contribution in [2.24, 2.45) is 0 Å². The van der Waals surface area contributed by atoms with Crippen LogP contribution in [0.5, 0.6) is 0 Å². The van der Waals surface area contributed by atoms with Crippen LogP contribution in [0.1, 0.15) is 16.8 Å². The van der Waals surface area contributed by atoms with E-state index in [0.29, 0.717) is 6.54 Å². The van der Waals surface area contributed by atoms with E-state index in [-0.39, 0.29) is 5.78 Å². The van der Waals surface area contributed by atoms with Gasteiger partial charge in [0.25, 0.3) is 0 Å². The van der Waals surface area contributed by atoms with Gasteiger partial charge >= 0.3 is 0 Å². The summed E-state index contributed by atoms with van der Waals surface area (Å²) >= 11 is 0. The zero-order valence-corrected chi connectivity index (χ0v) is 11.0. The molecule has 100 valence electrons. The van der Waals surface area contributed by atoms with E-state index in [9.17, 15) is 4.79 Å². The number of Topliss-reactive ketones (excluding diaryl/α,β-unsaturated/α-hetero) is 1. The largest absolute Gasteiger partial charge is 0.360 e. The maximum atomic E-state index is 12.4. The summed E-state index contributed by atoms with van der Waals surface area (Å²) in [7, 11) is 0. The van der Waals surface area contributed by atoms with Crippen LogP contribution in [0.25, 0.3) is 10.9 Å². The van der Waals surface area contributed by atoms with Crippen LogP contribution in [0.2, 0.25) is 0 Å². The summed E-state index contributed by atoms with van der Waals surface area (Å²) in [4.78, 5) is 17.8. The van der Waals surface area contributed by atoms with Crippen molar-refractivity contribution in [1.29, 1.82) is 0 Å². The standard InChI is InChI=1S/C15H19N3O/c19-15(11-18-8-3-6-16-7-9-18)13-10-17-14-5-2-1-4-12(13)14/h1-2,4-5,10,16-17H,3,6-9,11H2. The highest BCUT2D eigenvalue weighted by Crippen LogP contribution is 2.18. The van der Waals surface area contributed by atoms with Gasteiger partial charge in [0, 0.05) is 35.8 Å². The normalized spacial score (nSPS) is 17.5. The molecule has 19 heavy (non-hydrogen) atoms. The number of ketones is 1. The predicted molar refractivity (Wildman–Crippen MR) is 76.6 cm³/mol. The van der Waals surface area contributed by atoms with E-state index in [1.54, 1.807) is 0 Å². The number of para-hydroxylation sites is 1. The van der Waals surface area contributed by atoms with Gasteiger partial charge in [-0.15, -0.1) is 0 Å². The third-order valence-electron chi connectivity index (χ3n) is 3.69. The summed E-state index contributed by atoms with van der Waals surface area (Å²) in [5.41, 5.74) is 1.84. The molecule has 0 spiro atoms. The SMILES string of the molecule is O=C(CN1CCCNCC1)c1c[nH]c2ccccc12. The zero-order valence-electron chi connectivity index (χ0n) is 11.0. The van der Waals surface area contributed by atoms with Crippen molar-refractivity contribution >= 4 is 16.7 Å². The Morgan fingerprint density at radius 2 is 2.11 bits per heavy atom. The number of aromatic amines is 1. The van der Waals surface area contributed by atoms with Crippen molar-refractivity contribution in [3.05, 3.63) is 36.0 Å². The van der Waals surface area contributed by atoms with Crippen molar-refractivity contribution in [2.75, 3.05) is 32.7 Å². The Kier molecular flexibility index (Phi) is 3.62. The number of hydrogen-bond donors (Lipinski definition) is 2. The Hall–Kier alpha value is -1.65. The number of carbonyl (C=O) groups is 1. The predicted octanol–water partition coefficient (Wildman–Crippen LogP) is 1.65. The monoisotopic (exact) mass is 257 g/mol. The molecule has 2 N–H and O–H groups in total. The van der Waals surface area contributed by atoms with Crippen LogP contribution < -0.4 is 5.32 Å². The first kappa shape index (κ1) is 12.4. The number of fused-ring (bicyclic) bond motifs is 1. The molecule has 1 aromatic carbocycles. The van der Waals surface area contributed by atoms with Crippen LogP contribution in [0.15, 0.2) is 30.5 Å². The Labute approximate surface area is 112 Å². The number of carbonyl (C=O) groups excluding carboxylic acids is 1. The lowest BCUT2D eigenvalue weighted by atomic mass is 10.1. The second-order valence-electron chi connectivity index (χ2n) is 5.05. The number of hydrogen-bond acceptors (Lipinski definition) is 3. The Morgan fingerprint density at radius 1 is 1.21 bits per heavy atom. The molecule has 0 amide bonds. The van der Waals surface area contributed by atoms with E-state index < -0.39 is 0 Å². The van der Waals surface area contributed by atoms with E-state index in [0.717, 1.165) is 49.1 Å². The van der Waals surface area contributed by atoms with Gasteiger partial charge in [0.15, 0.2) is 5.78 Å². The van der Waals surface area contributed by atoms with Gasteiger partial charge in [0.1, 0.15) is 0 Å². The molecular formula is C15H19N3O. The first-order valence-electron chi connectivity index (χ1n) is 6.87. The fourth-order valence-electron chi connectivity index (χ4n) is 2.65. The molecule has 1 aliphatic heterocycles. The molecule has 4 nitrogen and oxygen atoms in total. The molecule has 2 aromatic rings. The minimum Gasteiger partial charge on any atom is -0.360 e. The average molecular weight is 257 g/mol. The molecule has 1 fully saturated rings. The molecule has 0 atom stereocenters. The van der Waals surface area contributed by atoms with Crippen molar-refractivity contribution < 1.29 is 4.79 Å². The minimum atomic E-state index is 0.208. The lowest BCUT2D eigenvalue weighted by molar-refractivity contribution is 0.0937. The van der Waals surface area contributed by atoms with Crippen LogP contribution >= 0.6 is 0 Å². The molecular weight excluding hydrogens is 238 g/mol. The van der Waals surface area contributed by atoms with E-state index in [1.807, 2.05) is 30.5 Å². The molecule has 0 radical (unpaired) electrons. The molecule has 1 aromatic heterocycles. The van der Waals surface area contributed by atoms with Gasteiger partial charge in [-0.2, -0.15) is 0 Å². The van der Waals surface area contributed by atoms with Crippen LogP contribution in [0.3, 0.4) is 0 Å². The van der Waals surface area contributed by atoms with Crippen LogP contribution in [0, 0.1) is 0 Å². The average Bonchev–Trinajstić information content (AvgIpc) is 2.70. The Bertz CT molecular complexity index is 568. The maximum absolute atomic E-state index is 12.4. The minimum absolute atomic E-state index is 0.208. The highest BCUT2D eigenvalue weighted by atomic mass is 16.1. The van der Waals surface area contributed by atoms with Crippen molar-refractivity contribution in [3.8, 4) is 0 Å². The van der Waals surface area contributed by atoms with Crippen LogP contribution in [-0.2, 0) is 0 Å². The first-order chi connectivity index (χ1) is 9.34. The number of rotatable bonds is 3. The van der Waals surface area contributed by atoms with Gasteiger partial charge in [0.2, 0.25) is 0 Å². The van der Waals surface area contributed by atoms with Gasteiger partial charge in [-0.25, -0.2) is 0 Å². The fraction of sp³-hybridized carbons (Fsp3) is 0.400. The molecule has 3 rings (SSSR count). The second-order valence-corrected chi connectivity index (χ2v) is 5.05. The number of aromatic nitrogens is 1. The van der Waals surface area contributed by atoms with Gasteiger partial charge in [-0.1, -0.05) is 18.2 Å². The molecule has 0 unspecified atom stereocenters. The summed E-state index contributed by atoms with van der Waals surface area (Å²) in [6, 6.07) is 7.96. The van der Waals surface area contributed by atoms with Crippen LogP contribution in [-0.4, -0.2) is 48.4 Å². The topological polar surface area (TPSA) is 48.1 Å². The maximum Gasteiger partial charge on any atom is 0.178 e. The number of benzene rings is 1. The second kappa shape index (κ2) is 5.55. The van der Waals surface area contributed by atoms with Crippen molar-refractivity contribution in [1.82, 2.24) is 15.2 Å². The van der Waals surface area contributed by atoms with Crippen LogP contribution in [0.4, 0.5) is 0 Å². The molecule has 0 saturated carbocycles. The lowest BCUT2D eigenvalue weighted by Gasteiger charge is -2.17. The molecule has 0 aliphatic carbocycles. The molecule has 1 aliphatic rings. The fourth-order valence-corrected chi connectivity index (χ4v) is 2.65. The Morgan fingerprint density at radius 3 is 3.05 bits per heavy atom. The summed E-state index contributed by atoms with van der Waals surface area (Å²) < 4.78 is 0. The van der Waals surface area contributed by atoms with E-state index in [1.165, 1.54) is 0 Å². The molecule has 4 heteroatoms. The number of nitrogens with one attached hydrogen (secondary N) is 2. The van der Waals surface area contributed by atoms with E-state index >= 15 is 0 Å².